The van der Waals surface area contributed by atoms with Crippen LogP contribution in [0.15, 0.2) is 36.4 Å². The maximum atomic E-state index is 12.9. The average molecular weight is 384 g/mol. The molecule has 5 nitrogen and oxygen atoms in total. The molecule has 1 aromatic carbocycles. The van der Waals surface area contributed by atoms with Gasteiger partial charge >= 0.3 is 0 Å². The van der Waals surface area contributed by atoms with E-state index in [9.17, 15) is 4.79 Å². The molecular formula is C23H33N3O2. The zero-order valence-electron chi connectivity index (χ0n) is 17.6. The second kappa shape index (κ2) is 8.93. The SMILES string of the molecule is Cc1c(C(=O)NCCCN2CCOCC2)cc(C(C)(C)C)n1-c1ccccc1. The lowest BCUT2D eigenvalue weighted by molar-refractivity contribution is 0.0374. The molecule has 2 heterocycles. The van der Waals surface area contributed by atoms with Crippen LogP contribution >= 0.6 is 0 Å². The summed E-state index contributed by atoms with van der Waals surface area (Å²) in [6.45, 7) is 13.9. The minimum atomic E-state index is -0.0601. The Bertz CT molecular complexity index is 784. The predicted octanol–water partition coefficient (Wildman–Crippen LogP) is 3.54. The van der Waals surface area contributed by atoms with Crippen LogP contribution in [0.2, 0.25) is 0 Å². The second-order valence-electron chi connectivity index (χ2n) is 8.51. The van der Waals surface area contributed by atoms with Crippen molar-refractivity contribution in [3.05, 3.63) is 53.3 Å². The lowest BCUT2D eigenvalue weighted by Crippen LogP contribution is -2.38. The molecule has 0 spiro atoms. The van der Waals surface area contributed by atoms with Crippen LogP contribution in [0.3, 0.4) is 0 Å². The van der Waals surface area contributed by atoms with Crippen LogP contribution in [0.25, 0.3) is 5.69 Å². The van der Waals surface area contributed by atoms with Crippen LogP contribution in [0.5, 0.6) is 0 Å². The van der Waals surface area contributed by atoms with Gasteiger partial charge in [-0.05, 0) is 38.1 Å². The third-order valence-electron chi connectivity index (χ3n) is 5.31. The number of para-hydroxylation sites is 1. The van der Waals surface area contributed by atoms with Crippen LogP contribution in [0.1, 0.15) is 48.9 Å². The number of nitrogens with zero attached hydrogens (tertiary/aromatic N) is 2. The maximum absolute atomic E-state index is 12.9. The van der Waals surface area contributed by atoms with E-state index < -0.39 is 0 Å². The van der Waals surface area contributed by atoms with Gasteiger partial charge in [0, 0.05) is 42.1 Å². The molecule has 1 fully saturated rings. The van der Waals surface area contributed by atoms with Crippen molar-refractivity contribution in [3.63, 3.8) is 0 Å². The Morgan fingerprint density at radius 3 is 2.46 bits per heavy atom. The number of benzene rings is 1. The summed E-state index contributed by atoms with van der Waals surface area (Å²) < 4.78 is 7.59. The summed E-state index contributed by atoms with van der Waals surface area (Å²) in [4.78, 5) is 15.3. The van der Waals surface area contributed by atoms with Gasteiger partial charge in [-0.3, -0.25) is 9.69 Å². The summed E-state index contributed by atoms with van der Waals surface area (Å²) in [5.41, 5.74) is 3.93. The van der Waals surface area contributed by atoms with E-state index in [1.807, 2.05) is 25.1 Å². The molecule has 0 atom stereocenters. The van der Waals surface area contributed by atoms with Gasteiger partial charge in [0.25, 0.3) is 5.91 Å². The van der Waals surface area contributed by atoms with Crippen LogP contribution in [-0.4, -0.2) is 54.8 Å². The van der Waals surface area contributed by atoms with Gasteiger partial charge < -0.3 is 14.6 Å². The molecule has 2 aromatic rings. The standard InChI is InChI=1S/C23H33N3O2/c1-18-20(22(27)24-11-8-12-25-13-15-28-16-14-25)17-21(23(2,3)4)26(18)19-9-6-5-7-10-19/h5-7,9-10,17H,8,11-16H2,1-4H3,(H,24,27). The summed E-state index contributed by atoms with van der Waals surface area (Å²) in [5.74, 6) is 0.0136. The third-order valence-corrected chi connectivity index (χ3v) is 5.31. The van der Waals surface area contributed by atoms with Crippen molar-refractivity contribution in [1.82, 2.24) is 14.8 Å². The molecule has 0 saturated carbocycles. The summed E-state index contributed by atoms with van der Waals surface area (Å²) in [5, 5.41) is 3.11. The Morgan fingerprint density at radius 1 is 1.14 bits per heavy atom. The molecule has 152 valence electrons. The van der Waals surface area contributed by atoms with E-state index in [1.165, 1.54) is 0 Å². The highest BCUT2D eigenvalue weighted by atomic mass is 16.5. The first-order chi connectivity index (χ1) is 13.4. The van der Waals surface area contributed by atoms with Crippen LogP contribution < -0.4 is 5.32 Å². The highest BCUT2D eigenvalue weighted by Crippen LogP contribution is 2.30. The van der Waals surface area contributed by atoms with Gasteiger partial charge in [0.2, 0.25) is 0 Å². The fourth-order valence-electron chi connectivity index (χ4n) is 3.72. The number of hydrogen-bond donors (Lipinski definition) is 1. The zero-order chi connectivity index (χ0) is 20.1. The minimum absolute atomic E-state index is 0.0136. The van der Waals surface area contributed by atoms with Gasteiger partial charge in [-0.15, -0.1) is 0 Å². The lowest BCUT2D eigenvalue weighted by Gasteiger charge is -2.26. The molecular weight excluding hydrogens is 350 g/mol. The fourth-order valence-corrected chi connectivity index (χ4v) is 3.72. The predicted molar refractivity (Wildman–Crippen MR) is 113 cm³/mol. The molecule has 1 N–H and O–H groups in total. The number of ether oxygens (including phenoxy) is 1. The largest absolute Gasteiger partial charge is 0.379 e. The smallest absolute Gasteiger partial charge is 0.253 e. The highest BCUT2D eigenvalue weighted by Gasteiger charge is 2.25. The van der Waals surface area contributed by atoms with Crippen LogP contribution in [-0.2, 0) is 10.2 Å². The van der Waals surface area contributed by atoms with Crippen molar-refractivity contribution < 1.29 is 9.53 Å². The zero-order valence-corrected chi connectivity index (χ0v) is 17.6. The second-order valence-corrected chi connectivity index (χ2v) is 8.51. The molecule has 0 bridgehead atoms. The molecule has 1 aliphatic rings. The molecule has 1 saturated heterocycles. The summed E-state index contributed by atoms with van der Waals surface area (Å²) >= 11 is 0. The van der Waals surface area contributed by atoms with Gasteiger partial charge in [-0.1, -0.05) is 39.0 Å². The number of amides is 1. The van der Waals surface area contributed by atoms with E-state index in [0.29, 0.717) is 6.54 Å². The minimum Gasteiger partial charge on any atom is -0.379 e. The molecule has 0 unspecified atom stereocenters. The van der Waals surface area contributed by atoms with Crippen LogP contribution in [0.4, 0.5) is 0 Å². The third kappa shape index (κ3) is 4.83. The number of carbonyl (C=O) groups excluding carboxylic acids is 1. The van der Waals surface area contributed by atoms with Gasteiger partial charge in [0.05, 0.1) is 18.8 Å². The van der Waals surface area contributed by atoms with Crippen LogP contribution in [0, 0.1) is 6.92 Å². The van der Waals surface area contributed by atoms with Crippen molar-refractivity contribution in [2.45, 2.75) is 39.5 Å². The normalized spacial score (nSPS) is 15.6. The Hall–Kier alpha value is -2.11. The van der Waals surface area contributed by atoms with Crippen molar-refractivity contribution in [2.75, 3.05) is 39.4 Å². The molecule has 3 rings (SSSR count). The number of carbonyl (C=O) groups is 1. The Labute approximate surface area is 168 Å². The molecule has 1 aliphatic heterocycles. The summed E-state index contributed by atoms with van der Waals surface area (Å²) in [6, 6.07) is 12.3. The summed E-state index contributed by atoms with van der Waals surface area (Å²) in [6.07, 6.45) is 0.955. The average Bonchev–Trinajstić information content (AvgIpc) is 3.04. The molecule has 1 aromatic heterocycles. The van der Waals surface area contributed by atoms with Gasteiger partial charge in [0.15, 0.2) is 0 Å². The van der Waals surface area contributed by atoms with E-state index in [1.54, 1.807) is 0 Å². The van der Waals surface area contributed by atoms with E-state index >= 15 is 0 Å². The number of nitrogens with one attached hydrogen (secondary N) is 1. The van der Waals surface area contributed by atoms with Crippen molar-refractivity contribution in [1.29, 1.82) is 0 Å². The number of aromatic nitrogens is 1. The molecule has 28 heavy (non-hydrogen) atoms. The Balaban J connectivity index is 1.71. The topological polar surface area (TPSA) is 46.5 Å². The number of morpholine rings is 1. The van der Waals surface area contributed by atoms with E-state index in [-0.39, 0.29) is 11.3 Å². The quantitative estimate of drug-likeness (QED) is 0.776. The fraction of sp³-hybridized carbons (Fsp3) is 0.522. The summed E-state index contributed by atoms with van der Waals surface area (Å²) in [7, 11) is 0. The Morgan fingerprint density at radius 2 is 1.82 bits per heavy atom. The number of hydrogen-bond acceptors (Lipinski definition) is 3. The van der Waals surface area contributed by atoms with Gasteiger partial charge in [0.1, 0.15) is 0 Å². The van der Waals surface area contributed by atoms with E-state index in [2.05, 4.69) is 53.8 Å². The van der Waals surface area contributed by atoms with E-state index in [4.69, 9.17) is 4.74 Å². The lowest BCUT2D eigenvalue weighted by atomic mass is 9.91. The van der Waals surface area contributed by atoms with Gasteiger partial charge in [-0.2, -0.15) is 0 Å². The highest BCUT2D eigenvalue weighted by molar-refractivity contribution is 5.96. The number of rotatable bonds is 6. The molecule has 0 radical (unpaired) electrons. The first kappa shape index (κ1) is 20.6. The molecule has 0 aliphatic carbocycles. The molecule has 1 amide bonds. The first-order valence-electron chi connectivity index (χ1n) is 10.2. The first-order valence-corrected chi connectivity index (χ1v) is 10.2. The van der Waals surface area contributed by atoms with Gasteiger partial charge in [-0.25, -0.2) is 0 Å². The Kier molecular flexibility index (Phi) is 6.57. The van der Waals surface area contributed by atoms with Crippen molar-refractivity contribution >= 4 is 5.91 Å². The van der Waals surface area contributed by atoms with E-state index in [0.717, 1.165) is 61.9 Å². The van der Waals surface area contributed by atoms with Crippen molar-refractivity contribution in [3.8, 4) is 5.69 Å². The van der Waals surface area contributed by atoms with Crippen molar-refractivity contribution in [2.24, 2.45) is 0 Å². The maximum Gasteiger partial charge on any atom is 0.253 e. The molecule has 5 heteroatoms. The monoisotopic (exact) mass is 383 g/mol.